The van der Waals surface area contributed by atoms with Crippen molar-refractivity contribution in [2.75, 3.05) is 47.8 Å². The van der Waals surface area contributed by atoms with Gasteiger partial charge in [-0.25, -0.2) is 29.4 Å². The van der Waals surface area contributed by atoms with Crippen LogP contribution in [-0.2, 0) is 4.79 Å². The number of fused-ring (bicyclic) bond motifs is 1. The molecule has 8 rings (SSSR count). The Bertz CT molecular complexity index is 2320. The van der Waals surface area contributed by atoms with E-state index in [0.29, 0.717) is 52.6 Å². The normalized spacial score (nSPS) is 21.0. The number of nitrogens with zero attached hydrogens (tertiary/aromatic N) is 14. The van der Waals surface area contributed by atoms with Gasteiger partial charge < -0.3 is 10.2 Å². The molecule has 1 saturated carbocycles. The molecule has 0 aromatic carbocycles. The molecule has 18 nitrogen and oxygen atoms in total. The molecule has 3 amide bonds. The van der Waals surface area contributed by atoms with Crippen molar-refractivity contribution in [3.8, 4) is 23.6 Å². The van der Waals surface area contributed by atoms with Gasteiger partial charge in [0.25, 0.3) is 0 Å². The van der Waals surface area contributed by atoms with E-state index in [1.54, 1.807) is 47.1 Å². The number of piperazine rings is 1. The van der Waals surface area contributed by atoms with Gasteiger partial charge >= 0.3 is 6.03 Å². The van der Waals surface area contributed by atoms with Gasteiger partial charge in [0.2, 0.25) is 5.91 Å². The van der Waals surface area contributed by atoms with Crippen LogP contribution in [0.15, 0.2) is 49.3 Å². The van der Waals surface area contributed by atoms with E-state index < -0.39 is 12.1 Å². The highest BCUT2D eigenvalue weighted by Crippen LogP contribution is 2.37. The molecule has 286 valence electrons. The molecule has 1 aliphatic carbocycles. The van der Waals surface area contributed by atoms with Crippen LogP contribution in [0, 0.1) is 28.6 Å². The molecule has 7 heterocycles. The maximum atomic E-state index is 12.2. The summed E-state index contributed by atoms with van der Waals surface area (Å²) in [5.74, 6) is 2.45. The lowest BCUT2D eigenvalue weighted by Gasteiger charge is -2.41. The number of carbonyl (C=O) groups excluding carboxylic acids is 2. The Morgan fingerprint density at radius 3 is 2.50 bits per heavy atom. The molecule has 56 heavy (non-hydrogen) atoms. The molecule has 0 radical (unpaired) electrons. The Morgan fingerprint density at radius 2 is 1.75 bits per heavy atom. The van der Waals surface area contributed by atoms with Crippen molar-refractivity contribution < 1.29 is 9.59 Å². The number of pyridine rings is 2. The topological polar surface area (TPSA) is 216 Å². The predicted octanol–water partition coefficient (Wildman–Crippen LogP) is 3.70. The summed E-state index contributed by atoms with van der Waals surface area (Å²) in [6.45, 7) is 8.09. The van der Waals surface area contributed by atoms with Gasteiger partial charge in [0.05, 0.1) is 54.0 Å². The van der Waals surface area contributed by atoms with Crippen molar-refractivity contribution in [3.63, 3.8) is 0 Å². The number of carbonyl (C=O) groups is 2. The second kappa shape index (κ2) is 15.7. The van der Waals surface area contributed by atoms with Gasteiger partial charge in [-0.3, -0.25) is 19.9 Å². The van der Waals surface area contributed by atoms with Crippen LogP contribution in [0.4, 0.5) is 22.1 Å². The lowest BCUT2D eigenvalue weighted by molar-refractivity contribution is -0.120. The van der Waals surface area contributed by atoms with Crippen LogP contribution in [-0.4, -0.2) is 106 Å². The first-order valence-electron chi connectivity index (χ1n) is 19.0. The van der Waals surface area contributed by atoms with Gasteiger partial charge in [0.15, 0.2) is 17.3 Å². The SMILES string of the molecule is C[C@H](C#N)Nc1cc(-n2ncc3cc(C#N)cnc32)ncc1-n1cc(C2CCC(CCN3CCN(c4cnc(N5CCC(=O)NC5=O)cn4)[C@H](C)C3)CC2)nn1. The predicted molar refractivity (Wildman–Crippen MR) is 205 cm³/mol. The second-order valence-electron chi connectivity index (χ2n) is 14.8. The van der Waals surface area contributed by atoms with Crippen LogP contribution >= 0.6 is 0 Å². The van der Waals surface area contributed by atoms with Gasteiger partial charge in [-0.2, -0.15) is 20.3 Å². The number of nitrogens with one attached hydrogen (secondary N) is 2. The molecule has 0 spiro atoms. The van der Waals surface area contributed by atoms with E-state index in [0.717, 1.165) is 75.2 Å². The Labute approximate surface area is 323 Å². The molecule has 18 heteroatoms. The third kappa shape index (κ3) is 7.56. The highest BCUT2D eigenvalue weighted by atomic mass is 16.2. The molecule has 3 fully saturated rings. The van der Waals surface area contributed by atoms with Crippen LogP contribution in [0.5, 0.6) is 0 Å². The molecule has 2 N–H and O–H groups in total. The second-order valence-corrected chi connectivity index (χ2v) is 14.8. The van der Waals surface area contributed by atoms with Crippen LogP contribution < -0.4 is 20.4 Å². The number of aromatic nitrogens is 9. The van der Waals surface area contributed by atoms with Crippen molar-refractivity contribution in [2.45, 2.75) is 70.4 Å². The molecule has 5 aromatic rings. The number of hydrogen-bond acceptors (Lipinski definition) is 14. The highest BCUT2D eigenvalue weighted by Gasteiger charge is 2.30. The molecule has 2 saturated heterocycles. The van der Waals surface area contributed by atoms with Crippen LogP contribution in [0.25, 0.3) is 22.5 Å². The third-order valence-electron chi connectivity index (χ3n) is 11.0. The zero-order valence-corrected chi connectivity index (χ0v) is 31.3. The minimum Gasteiger partial charge on any atom is -0.368 e. The molecule has 3 aliphatic rings. The average Bonchev–Trinajstić information content (AvgIpc) is 3.88. The Morgan fingerprint density at radius 1 is 0.946 bits per heavy atom. The Kier molecular flexibility index (Phi) is 10.2. The minimum atomic E-state index is -0.473. The maximum Gasteiger partial charge on any atom is 0.329 e. The molecular weight excluding hydrogens is 713 g/mol. The fourth-order valence-corrected chi connectivity index (χ4v) is 7.92. The first kappa shape index (κ1) is 36.4. The molecule has 5 aromatic heterocycles. The number of rotatable bonds is 10. The summed E-state index contributed by atoms with van der Waals surface area (Å²) < 4.78 is 3.33. The van der Waals surface area contributed by atoms with Crippen molar-refractivity contribution in [2.24, 2.45) is 5.92 Å². The number of imide groups is 1. The zero-order valence-electron chi connectivity index (χ0n) is 31.3. The van der Waals surface area contributed by atoms with Crippen molar-refractivity contribution in [3.05, 3.63) is 60.6 Å². The van der Waals surface area contributed by atoms with Gasteiger partial charge in [-0.05, 0) is 64.5 Å². The minimum absolute atomic E-state index is 0.246. The van der Waals surface area contributed by atoms with E-state index in [9.17, 15) is 20.1 Å². The fourth-order valence-electron chi connectivity index (χ4n) is 7.92. The summed E-state index contributed by atoms with van der Waals surface area (Å²) in [5.41, 5.74) is 3.31. The van der Waals surface area contributed by atoms with E-state index in [4.69, 9.17) is 0 Å². The number of amides is 3. The smallest absolute Gasteiger partial charge is 0.329 e. The monoisotopic (exact) mass is 754 g/mol. The maximum absolute atomic E-state index is 12.2. The summed E-state index contributed by atoms with van der Waals surface area (Å²) in [6, 6.07) is 7.22. The number of nitriles is 2. The largest absolute Gasteiger partial charge is 0.368 e. The summed E-state index contributed by atoms with van der Waals surface area (Å²) in [5, 5.41) is 38.7. The van der Waals surface area contributed by atoms with Crippen LogP contribution in [0.3, 0.4) is 0 Å². The summed E-state index contributed by atoms with van der Waals surface area (Å²) in [6.07, 6.45) is 15.9. The van der Waals surface area contributed by atoms with E-state index in [1.807, 2.05) is 12.3 Å². The number of urea groups is 1. The summed E-state index contributed by atoms with van der Waals surface area (Å²) in [7, 11) is 0. The molecule has 2 aliphatic heterocycles. The van der Waals surface area contributed by atoms with E-state index >= 15 is 0 Å². The molecule has 0 unspecified atom stereocenters. The fraction of sp³-hybridized carbons (Fsp3) is 0.447. The lowest BCUT2D eigenvalue weighted by atomic mass is 9.79. The van der Waals surface area contributed by atoms with Gasteiger partial charge in [0, 0.05) is 62.2 Å². The quantitative estimate of drug-likeness (QED) is 0.208. The highest BCUT2D eigenvalue weighted by molar-refractivity contribution is 6.05. The van der Waals surface area contributed by atoms with Gasteiger partial charge in [-0.1, -0.05) is 5.21 Å². The van der Waals surface area contributed by atoms with Crippen molar-refractivity contribution in [1.82, 2.24) is 54.9 Å². The summed E-state index contributed by atoms with van der Waals surface area (Å²) >= 11 is 0. The molecular formula is C38H42N16O2. The van der Waals surface area contributed by atoms with Gasteiger partial charge in [-0.15, -0.1) is 5.10 Å². The molecule has 0 bridgehead atoms. The van der Waals surface area contributed by atoms with Crippen molar-refractivity contribution >= 4 is 40.3 Å². The summed E-state index contributed by atoms with van der Waals surface area (Å²) in [4.78, 5) is 48.1. The van der Waals surface area contributed by atoms with E-state index in [-0.39, 0.29) is 18.4 Å². The van der Waals surface area contributed by atoms with Crippen LogP contribution in [0.2, 0.25) is 0 Å². The third-order valence-corrected chi connectivity index (χ3v) is 11.0. The number of hydrogen-bond donors (Lipinski definition) is 2. The van der Waals surface area contributed by atoms with Crippen molar-refractivity contribution in [1.29, 1.82) is 10.5 Å². The average molecular weight is 755 g/mol. The standard InChI is InChI=1S/C38H42N16O2/c1-24(15-39)46-30-14-33(54-37-29(18-45-54)13-27(16-40)17-44-37)41-19-32(30)53-23-31(48-49-53)28-5-3-26(4-6-28)7-9-50-11-12-51(25(2)22-50)34-20-43-35(21-42-34)52-10-8-36(55)47-38(52)56/h13-14,17-21,23-26,28H,3-12,22H2,1-2H3,(H,41,46)(H,47,55,56)/t24-,25-,26?,28?/m1/s1. The first-order chi connectivity index (χ1) is 27.3. The van der Waals surface area contributed by atoms with E-state index in [1.165, 1.54) is 11.1 Å². The lowest BCUT2D eigenvalue weighted by Crippen LogP contribution is -2.52. The molecule has 2 atom stereocenters. The van der Waals surface area contributed by atoms with Crippen LogP contribution in [0.1, 0.15) is 69.5 Å². The number of anilines is 3. The Balaban J connectivity index is 0.847. The van der Waals surface area contributed by atoms with Gasteiger partial charge in [0.1, 0.15) is 23.6 Å². The van der Waals surface area contributed by atoms with E-state index in [2.05, 4.69) is 74.8 Å². The first-order valence-corrected chi connectivity index (χ1v) is 19.0. The zero-order chi connectivity index (χ0) is 38.8. The Hall–Kier alpha value is -6.53.